The Balaban J connectivity index is 0.000000228. The van der Waals surface area contributed by atoms with Crippen LogP contribution in [0.25, 0.3) is 10.6 Å². The summed E-state index contributed by atoms with van der Waals surface area (Å²) >= 11 is -2.24. The monoisotopic (exact) mass is 384 g/mol. The first-order valence-corrected chi connectivity index (χ1v) is 18.9. The van der Waals surface area contributed by atoms with Crippen molar-refractivity contribution in [1.29, 1.82) is 0 Å². The number of hydrogen-bond donors (Lipinski definition) is 0. The zero-order chi connectivity index (χ0) is 13.0. The predicted molar refractivity (Wildman–Crippen MR) is 82.6 cm³/mol. The molecule has 5 heteroatoms. The van der Waals surface area contributed by atoms with Crippen LogP contribution in [0.4, 0.5) is 0 Å². The van der Waals surface area contributed by atoms with Gasteiger partial charge in [-0.25, -0.2) is 0 Å². The Labute approximate surface area is 117 Å². The van der Waals surface area contributed by atoms with E-state index >= 15 is 0 Å². The fourth-order valence-electron chi connectivity index (χ4n) is 1.11. The third-order valence-corrected chi connectivity index (χ3v) is 1.78. The van der Waals surface area contributed by atoms with Crippen molar-refractivity contribution in [3.63, 3.8) is 0 Å². The van der Waals surface area contributed by atoms with Gasteiger partial charge in [0.2, 0.25) is 0 Å². The first-order chi connectivity index (χ1) is 8.00. The van der Waals surface area contributed by atoms with Crippen LogP contribution >= 0.6 is 17.8 Å². The molecule has 2 rings (SSSR count). The summed E-state index contributed by atoms with van der Waals surface area (Å²) in [7, 11) is 11.0. The summed E-state index contributed by atoms with van der Waals surface area (Å²) in [6.07, 6.45) is 11.8. The molecule has 2 aliphatic heterocycles. The van der Waals surface area contributed by atoms with Gasteiger partial charge >= 0.3 is 43.8 Å². The van der Waals surface area contributed by atoms with Crippen LogP contribution in [0.15, 0.2) is 24.4 Å². The van der Waals surface area contributed by atoms with Crippen molar-refractivity contribution in [3.8, 4) is 0 Å². The Morgan fingerprint density at radius 3 is 1.71 bits per heavy atom. The minimum absolute atomic E-state index is 0.858. The van der Waals surface area contributed by atoms with E-state index in [-0.39, 0.29) is 0 Å². The average Bonchev–Trinajstić information content (AvgIpc) is 2.32. The van der Waals surface area contributed by atoms with Crippen molar-refractivity contribution in [2.75, 3.05) is 19.6 Å². The number of hydrogen-bond acceptors (Lipinski definition) is 0. The minimum atomic E-state index is -2.24. The second-order valence-corrected chi connectivity index (χ2v) is 25.7. The Morgan fingerprint density at radius 1 is 1.00 bits per heavy atom. The van der Waals surface area contributed by atoms with Gasteiger partial charge in [-0.05, 0) is 0 Å². The summed E-state index contributed by atoms with van der Waals surface area (Å²) < 4.78 is 0. The van der Waals surface area contributed by atoms with Crippen molar-refractivity contribution in [3.05, 3.63) is 35.1 Å². The summed E-state index contributed by atoms with van der Waals surface area (Å²) in [4.78, 5) is 3.86. The van der Waals surface area contributed by atoms with Crippen molar-refractivity contribution in [1.82, 2.24) is 0 Å². The summed E-state index contributed by atoms with van der Waals surface area (Å²) in [5, 5.41) is 8.09. The molecule has 0 aromatic rings. The molecule has 0 radical (unpaired) electrons. The van der Waals surface area contributed by atoms with E-state index in [0.29, 0.717) is 0 Å². The molecule has 0 saturated carbocycles. The van der Waals surface area contributed by atoms with E-state index in [9.17, 15) is 0 Å². The fraction of sp³-hybridized carbons (Fsp3) is 0.667. The van der Waals surface area contributed by atoms with E-state index in [1.165, 1.54) is 19.3 Å². The van der Waals surface area contributed by atoms with Gasteiger partial charge in [0.15, 0.2) is 0 Å². The van der Waals surface area contributed by atoms with Crippen molar-refractivity contribution < 1.29 is 0 Å². The van der Waals surface area contributed by atoms with E-state index in [0.717, 1.165) is 19.6 Å². The molecule has 0 atom stereocenters. The molecule has 0 amide bonds. The number of halogens is 2. The standard InChI is InChI=1S/C5H10N.C5H6N.2CH3.2ClH.Sn/c2*1-2-4-6-5-3-1;;;;;/h1-5H2;1-4H,5H2;2*1H3;2*1H;/q2*-1;;;;;+2/p-2. The first kappa shape index (κ1) is 17.6. The SMILES string of the molecule is C1=CC[N-]C=C1.C1CC[N-]CC1.[CH3][Sn]([CH3])([Cl])[Cl]. The van der Waals surface area contributed by atoms with Gasteiger partial charge in [-0.1, -0.05) is 31.4 Å². The zero-order valence-electron chi connectivity index (χ0n) is 10.7. The molecule has 0 unspecified atom stereocenters. The number of rotatable bonds is 0. The van der Waals surface area contributed by atoms with Crippen LogP contribution < -0.4 is 0 Å². The molecule has 2 aliphatic rings. The maximum atomic E-state index is 5.51. The molecule has 0 bridgehead atoms. The number of piperidine rings is 1. The second-order valence-electron chi connectivity index (χ2n) is 4.19. The van der Waals surface area contributed by atoms with Gasteiger partial charge in [0.1, 0.15) is 0 Å². The Morgan fingerprint density at radius 2 is 1.59 bits per heavy atom. The Hall–Kier alpha value is 0.619. The summed E-state index contributed by atoms with van der Waals surface area (Å²) in [5.41, 5.74) is 0. The molecule has 0 spiro atoms. The molecule has 1 fully saturated rings. The average molecular weight is 384 g/mol. The Bertz CT molecular complexity index is 192. The zero-order valence-corrected chi connectivity index (χ0v) is 15.1. The van der Waals surface area contributed by atoms with Crippen LogP contribution in [0.1, 0.15) is 19.3 Å². The van der Waals surface area contributed by atoms with Crippen LogP contribution in [-0.4, -0.2) is 35.8 Å². The molecular formula is C12H22Cl2N2Sn-2. The van der Waals surface area contributed by atoms with Gasteiger partial charge < -0.3 is 10.6 Å². The van der Waals surface area contributed by atoms with Crippen LogP contribution in [0.2, 0.25) is 9.88 Å². The van der Waals surface area contributed by atoms with Gasteiger partial charge in [-0.2, -0.15) is 6.20 Å². The van der Waals surface area contributed by atoms with Gasteiger partial charge in [-0.3, -0.25) is 0 Å². The van der Waals surface area contributed by atoms with Crippen LogP contribution in [0, 0.1) is 0 Å². The second kappa shape index (κ2) is 11.7. The van der Waals surface area contributed by atoms with Gasteiger partial charge in [-0.15, -0.1) is 25.7 Å². The fourth-order valence-corrected chi connectivity index (χ4v) is 1.11. The predicted octanol–water partition coefficient (Wildman–Crippen LogP) is 5.15. The van der Waals surface area contributed by atoms with Crippen LogP contribution in [-0.2, 0) is 0 Å². The van der Waals surface area contributed by atoms with E-state index in [1.54, 1.807) is 6.20 Å². The molecular weight excluding hydrogens is 362 g/mol. The third-order valence-electron chi connectivity index (χ3n) is 1.78. The summed E-state index contributed by atoms with van der Waals surface area (Å²) in [6.45, 7) is 3.11. The molecule has 0 aromatic carbocycles. The first-order valence-electron chi connectivity index (χ1n) is 5.99. The van der Waals surface area contributed by atoms with E-state index in [2.05, 4.69) is 10.6 Å². The summed E-state index contributed by atoms with van der Waals surface area (Å²) in [5.74, 6) is 0. The van der Waals surface area contributed by atoms with Gasteiger partial charge in [0, 0.05) is 0 Å². The van der Waals surface area contributed by atoms with Gasteiger partial charge in [0.05, 0.1) is 0 Å². The number of allylic oxidation sites excluding steroid dienone is 2. The molecule has 17 heavy (non-hydrogen) atoms. The topological polar surface area (TPSA) is 28.2 Å². The number of nitrogens with zero attached hydrogens (tertiary/aromatic N) is 2. The van der Waals surface area contributed by atoms with Crippen molar-refractivity contribution >= 4 is 34.0 Å². The maximum absolute atomic E-state index is 5.51. The molecule has 0 N–H and O–H groups in total. The van der Waals surface area contributed by atoms with E-state index in [1.807, 2.05) is 28.1 Å². The van der Waals surface area contributed by atoms with Crippen molar-refractivity contribution in [2.24, 2.45) is 0 Å². The van der Waals surface area contributed by atoms with Crippen LogP contribution in [0.5, 0.6) is 0 Å². The molecule has 2 heterocycles. The summed E-state index contributed by atoms with van der Waals surface area (Å²) in [6, 6.07) is 0. The van der Waals surface area contributed by atoms with E-state index in [4.69, 9.17) is 17.8 Å². The molecule has 0 aliphatic carbocycles. The third kappa shape index (κ3) is 22.3. The van der Waals surface area contributed by atoms with E-state index < -0.39 is 16.1 Å². The molecule has 1 saturated heterocycles. The Kier molecular flexibility index (Phi) is 12.1. The molecule has 0 aromatic heterocycles. The quantitative estimate of drug-likeness (QED) is 0.517. The van der Waals surface area contributed by atoms with Gasteiger partial charge in [0.25, 0.3) is 0 Å². The molecule has 100 valence electrons. The van der Waals surface area contributed by atoms with Crippen LogP contribution in [0.3, 0.4) is 0 Å². The van der Waals surface area contributed by atoms with Crippen molar-refractivity contribution in [2.45, 2.75) is 29.1 Å². The molecule has 2 nitrogen and oxygen atoms in total. The normalized spacial score (nSPS) is 18.1.